The Morgan fingerprint density at radius 2 is 2.25 bits per heavy atom. The molecule has 1 aromatic rings. The molecule has 1 atom stereocenters. The van der Waals surface area contributed by atoms with Gasteiger partial charge in [-0.25, -0.2) is 0 Å². The predicted octanol–water partition coefficient (Wildman–Crippen LogP) is 4.22. The van der Waals surface area contributed by atoms with Crippen LogP contribution in [0.25, 0.3) is 0 Å². The highest BCUT2D eigenvalue weighted by Crippen LogP contribution is 2.17. The minimum absolute atomic E-state index is 0.128. The van der Waals surface area contributed by atoms with Crippen molar-refractivity contribution in [1.82, 2.24) is 0 Å². The minimum atomic E-state index is 0.128. The number of hydrogen-bond acceptors (Lipinski definition) is 3. The summed E-state index contributed by atoms with van der Waals surface area (Å²) < 4.78 is 5.83. The van der Waals surface area contributed by atoms with Gasteiger partial charge in [-0.2, -0.15) is 0 Å². The molecule has 112 valence electrons. The maximum Gasteiger partial charge on any atom is 0.0809 e. The van der Waals surface area contributed by atoms with Crippen LogP contribution in [0.4, 0.5) is 0 Å². The molecule has 0 spiro atoms. The number of unbranched alkanes of at least 4 members (excludes halogenated alkanes) is 1. The molecule has 20 heavy (non-hydrogen) atoms. The number of rotatable bonds is 9. The summed E-state index contributed by atoms with van der Waals surface area (Å²) in [6.07, 6.45) is 5.57. The minimum Gasteiger partial charge on any atom is -0.395 e. The van der Waals surface area contributed by atoms with Crippen LogP contribution in [0.3, 0.4) is 0 Å². The van der Waals surface area contributed by atoms with Gasteiger partial charge in [0, 0.05) is 28.8 Å². The van der Waals surface area contributed by atoms with Gasteiger partial charge in [0.25, 0.3) is 0 Å². The molecule has 0 aliphatic carbocycles. The quantitative estimate of drug-likeness (QED) is 0.691. The third-order valence-electron chi connectivity index (χ3n) is 3.26. The van der Waals surface area contributed by atoms with Crippen LogP contribution < -0.4 is 0 Å². The Balaban J connectivity index is 2.30. The second kappa shape index (κ2) is 10.9. The van der Waals surface area contributed by atoms with Gasteiger partial charge in [-0.3, -0.25) is 0 Å². The second-order valence-corrected chi connectivity index (χ2v) is 6.00. The largest absolute Gasteiger partial charge is 0.395 e. The van der Waals surface area contributed by atoms with Crippen molar-refractivity contribution >= 4 is 11.3 Å². The molecule has 1 N–H and O–H groups in total. The topological polar surface area (TPSA) is 29.5 Å². The van der Waals surface area contributed by atoms with E-state index in [-0.39, 0.29) is 6.61 Å². The molecule has 1 unspecified atom stereocenters. The summed E-state index contributed by atoms with van der Waals surface area (Å²) in [5.41, 5.74) is 1.03. The van der Waals surface area contributed by atoms with E-state index in [9.17, 15) is 0 Å². The summed E-state index contributed by atoms with van der Waals surface area (Å²) in [6.45, 7) is 6.15. The molecule has 0 saturated heterocycles. The van der Waals surface area contributed by atoms with E-state index >= 15 is 0 Å². The molecule has 2 nitrogen and oxygen atoms in total. The zero-order chi connectivity index (χ0) is 14.6. The first-order valence-corrected chi connectivity index (χ1v) is 8.43. The normalized spacial score (nSPS) is 11.9. The van der Waals surface area contributed by atoms with Crippen LogP contribution in [0.2, 0.25) is 0 Å². The lowest BCUT2D eigenvalue weighted by Crippen LogP contribution is -2.08. The van der Waals surface area contributed by atoms with E-state index in [1.54, 1.807) is 11.3 Å². The van der Waals surface area contributed by atoms with Crippen LogP contribution in [-0.4, -0.2) is 18.3 Å². The Bertz CT molecular complexity index is 414. The van der Waals surface area contributed by atoms with Crippen molar-refractivity contribution < 1.29 is 9.84 Å². The van der Waals surface area contributed by atoms with Gasteiger partial charge in [0.2, 0.25) is 0 Å². The highest BCUT2D eigenvalue weighted by Gasteiger charge is 2.06. The Labute approximate surface area is 127 Å². The zero-order valence-corrected chi connectivity index (χ0v) is 13.5. The van der Waals surface area contributed by atoms with Crippen LogP contribution in [0, 0.1) is 17.8 Å². The Morgan fingerprint density at radius 1 is 1.40 bits per heavy atom. The summed E-state index contributed by atoms with van der Waals surface area (Å²) in [6, 6.07) is 2.09. The van der Waals surface area contributed by atoms with E-state index in [4.69, 9.17) is 9.84 Å². The van der Waals surface area contributed by atoms with E-state index in [1.807, 2.05) is 0 Å². The third-order valence-corrected chi connectivity index (χ3v) is 4.17. The van der Waals surface area contributed by atoms with Gasteiger partial charge in [0.1, 0.15) is 0 Å². The highest BCUT2D eigenvalue weighted by molar-refractivity contribution is 7.10. The fraction of sp³-hybridized carbons (Fsp3) is 0.647. The lowest BCUT2D eigenvalue weighted by Gasteiger charge is -2.14. The number of aliphatic hydroxyl groups is 1. The predicted molar refractivity (Wildman–Crippen MR) is 85.9 cm³/mol. The van der Waals surface area contributed by atoms with Crippen LogP contribution in [0.5, 0.6) is 0 Å². The molecule has 1 rings (SSSR count). The zero-order valence-electron chi connectivity index (χ0n) is 12.7. The van der Waals surface area contributed by atoms with Gasteiger partial charge in [-0.05, 0) is 18.4 Å². The van der Waals surface area contributed by atoms with Crippen molar-refractivity contribution in [2.45, 2.75) is 52.6 Å². The molecule has 0 aromatic carbocycles. The van der Waals surface area contributed by atoms with Gasteiger partial charge >= 0.3 is 0 Å². The molecule has 0 saturated carbocycles. The van der Waals surface area contributed by atoms with Crippen molar-refractivity contribution in [3.63, 3.8) is 0 Å². The standard InChI is InChI=1S/C17H26O2S/c1-3-5-8-15(4-2)12-19-13-17-11-16(14-20-17)9-6-7-10-18/h11,14-15,18H,3-5,7-8,10,12-13H2,1-2H3. The first kappa shape index (κ1) is 17.2. The first-order valence-electron chi connectivity index (χ1n) is 7.55. The third kappa shape index (κ3) is 7.09. The maximum absolute atomic E-state index is 8.68. The molecular formula is C17H26O2S. The van der Waals surface area contributed by atoms with E-state index in [2.05, 4.69) is 37.1 Å². The fourth-order valence-electron chi connectivity index (χ4n) is 1.97. The van der Waals surface area contributed by atoms with Crippen LogP contribution in [-0.2, 0) is 11.3 Å². The summed E-state index contributed by atoms with van der Waals surface area (Å²) in [7, 11) is 0. The van der Waals surface area contributed by atoms with E-state index in [0.29, 0.717) is 18.9 Å². The maximum atomic E-state index is 8.68. The molecule has 1 heterocycles. The summed E-state index contributed by atoms with van der Waals surface area (Å²) in [5, 5.41) is 10.7. The second-order valence-electron chi connectivity index (χ2n) is 5.01. The molecule has 0 amide bonds. The Hall–Kier alpha value is -0.820. The average molecular weight is 294 g/mol. The number of thiophene rings is 1. The van der Waals surface area contributed by atoms with Gasteiger partial charge in [-0.15, -0.1) is 11.3 Å². The SMILES string of the molecule is CCCCC(CC)COCc1cc(C#CCCO)cs1. The van der Waals surface area contributed by atoms with Gasteiger partial charge < -0.3 is 9.84 Å². The van der Waals surface area contributed by atoms with Gasteiger partial charge in [-0.1, -0.05) is 45.0 Å². The number of aliphatic hydroxyl groups excluding tert-OH is 1. The molecule has 3 heteroatoms. The number of ether oxygens (including phenoxy) is 1. The van der Waals surface area contributed by atoms with Crippen molar-refractivity contribution in [3.05, 3.63) is 21.9 Å². The van der Waals surface area contributed by atoms with Crippen LogP contribution >= 0.6 is 11.3 Å². The van der Waals surface area contributed by atoms with Crippen molar-refractivity contribution in [2.75, 3.05) is 13.2 Å². The smallest absolute Gasteiger partial charge is 0.0809 e. The Kier molecular flexibility index (Phi) is 9.40. The number of hydrogen-bond donors (Lipinski definition) is 1. The lowest BCUT2D eigenvalue weighted by molar-refractivity contribution is 0.0836. The van der Waals surface area contributed by atoms with Crippen molar-refractivity contribution in [1.29, 1.82) is 0 Å². The van der Waals surface area contributed by atoms with E-state index < -0.39 is 0 Å². The van der Waals surface area contributed by atoms with Crippen LogP contribution in [0.1, 0.15) is 56.4 Å². The molecule has 0 aliphatic rings. The average Bonchev–Trinajstić information content (AvgIpc) is 2.91. The first-order chi connectivity index (χ1) is 9.80. The molecule has 0 radical (unpaired) electrons. The van der Waals surface area contributed by atoms with Crippen molar-refractivity contribution in [2.24, 2.45) is 5.92 Å². The summed E-state index contributed by atoms with van der Waals surface area (Å²) in [4.78, 5) is 1.23. The Morgan fingerprint density at radius 3 is 2.95 bits per heavy atom. The summed E-state index contributed by atoms with van der Waals surface area (Å²) in [5.74, 6) is 6.68. The monoisotopic (exact) mass is 294 g/mol. The van der Waals surface area contributed by atoms with Gasteiger partial charge in [0.15, 0.2) is 0 Å². The highest BCUT2D eigenvalue weighted by atomic mass is 32.1. The fourth-order valence-corrected chi connectivity index (χ4v) is 2.72. The van der Waals surface area contributed by atoms with Crippen molar-refractivity contribution in [3.8, 4) is 11.8 Å². The van der Waals surface area contributed by atoms with Gasteiger partial charge in [0.05, 0.1) is 13.2 Å². The molecule has 0 bridgehead atoms. The van der Waals surface area contributed by atoms with E-state index in [1.165, 1.54) is 30.6 Å². The molecule has 0 fully saturated rings. The molecule has 1 aromatic heterocycles. The van der Waals surface area contributed by atoms with E-state index in [0.717, 1.165) is 12.2 Å². The lowest BCUT2D eigenvalue weighted by atomic mass is 10.0. The summed E-state index contributed by atoms with van der Waals surface area (Å²) >= 11 is 1.69. The van der Waals surface area contributed by atoms with Crippen LogP contribution in [0.15, 0.2) is 11.4 Å². The molecule has 0 aliphatic heterocycles. The molecular weight excluding hydrogens is 268 g/mol.